The Balaban J connectivity index is 2.54. The Kier molecular flexibility index (Phi) is 4.78. The lowest BCUT2D eigenvalue weighted by Crippen LogP contribution is -2.16. The molecule has 0 aliphatic carbocycles. The fourth-order valence-corrected chi connectivity index (χ4v) is 1.52. The molecule has 0 aliphatic rings. The summed E-state index contributed by atoms with van der Waals surface area (Å²) in [5.41, 5.74) is 1.21. The Labute approximate surface area is 91.7 Å². The second kappa shape index (κ2) is 5.88. The monoisotopic (exact) mass is 211 g/mol. The van der Waals surface area contributed by atoms with E-state index in [9.17, 15) is 0 Å². The number of hydrogen-bond donors (Lipinski definition) is 1. The SMILES string of the molecule is CNCc1cnc(C)n1CCOC(C)C. The molecular formula is C11H21N3O. The van der Waals surface area contributed by atoms with Gasteiger partial charge in [0.15, 0.2) is 0 Å². The lowest BCUT2D eigenvalue weighted by Gasteiger charge is -2.12. The molecule has 0 atom stereocenters. The zero-order valence-electron chi connectivity index (χ0n) is 10.1. The highest BCUT2D eigenvalue weighted by molar-refractivity contribution is 5.04. The molecule has 1 aromatic heterocycles. The largest absolute Gasteiger partial charge is 0.377 e. The normalized spacial score (nSPS) is 11.3. The highest BCUT2D eigenvalue weighted by atomic mass is 16.5. The summed E-state index contributed by atoms with van der Waals surface area (Å²) in [7, 11) is 1.94. The van der Waals surface area contributed by atoms with E-state index < -0.39 is 0 Å². The maximum absolute atomic E-state index is 5.53. The van der Waals surface area contributed by atoms with E-state index in [1.54, 1.807) is 0 Å². The van der Waals surface area contributed by atoms with Crippen molar-refractivity contribution in [3.63, 3.8) is 0 Å². The van der Waals surface area contributed by atoms with Gasteiger partial charge in [-0.25, -0.2) is 4.98 Å². The van der Waals surface area contributed by atoms with Gasteiger partial charge < -0.3 is 14.6 Å². The highest BCUT2D eigenvalue weighted by Gasteiger charge is 2.05. The number of aryl methyl sites for hydroxylation is 1. The third-order valence-corrected chi connectivity index (χ3v) is 2.26. The number of nitrogens with one attached hydrogen (secondary N) is 1. The first-order valence-corrected chi connectivity index (χ1v) is 5.42. The van der Waals surface area contributed by atoms with Crippen molar-refractivity contribution in [3.05, 3.63) is 17.7 Å². The number of aromatic nitrogens is 2. The van der Waals surface area contributed by atoms with Crippen LogP contribution in [0.1, 0.15) is 25.4 Å². The number of imidazole rings is 1. The van der Waals surface area contributed by atoms with E-state index in [-0.39, 0.29) is 0 Å². The highest BCUT2D eigenvalue weighted by Crippen LogP contribution is 2.04. The first kappa shape index (κ1) is 12.2. The zero-order valence-corrected chi connectivity index (χ0v) is 10.1. The van der Waals surface area contributed by atoms with E-state index in [4.69, 9.17) is 4.74 Å². The van der Waals surface area contributed by atoms with Gasteiger partial charge in [-0.1, -0.05) is 0 Å². The number of rotatable bonds is 6. The average Bonchev–Trinajstić information content (AvgIpc) is 2.50. The van der Waals surface area contributed by atoms with Crippen molar-refractivity contribution in [1.29, 1.82) is 0 Å². The van der Waals surface area contributed by atoms with Crippen LogP contribution in [0.5, 0.6) is 0 Å². The first-order chi connectivity index (χ1) is 7.15. The van der Waals surface area contributed by atoms with Crippen LogP contribution in [0.15, 0.2) is 6.20 Å². The Morgan fingerprint density at radius 1 is 1.53 bits per heavy atom. The molecule has 0 unspecified atom stereocenters. The van der Waals surface area contributed by atoms with Crippen LogP contribution < -0.4 is 5.32 Å². The van der Waals surface area contributed by atoms with Crippen LogP contribution in [0.2, 0.25) is 0 Å². The van der Waals surface area contributed by atoms with Crippen molar-refractivity contribution >= 4 is 0 Å². The molecule has 1 N–H and O–H groups in total. The predicted molar refractivity (Wildman–Crippen MR) is 60.8 cm³/mol. The molecule has 1 heterocycles. The summed E-state index contributed by atoms with van der Waals surface area (Å²) in [5.74, 6) is 1.05. The Hall–Kier alpha value is -0.870. The molecule has 0 spiro atoms. The van der Waals surface area contributed by atoms with E-state index >= 15 is 0 Å². The number of ether oxygens (including phenoxy) is 1. The molecule has 4 heteroatoms. The molecule has 86 valence electrons. The Bertz CT molecular complexity index is 294. The summed E-state index contributed by atoms with van der Waals surface area (Å²) in [6.45, 7) is 8.59. The second-order valence-corrected chi connectivity index (χ2v) is 3.90. The maximum atomic E-state index is 5.53. The van der Waals surface area contributed by atoms with Crippen molar-refractivity contribution in [2.24, 2.45) is 0 Å². The molecule has 1 rings (SSSR count). The minimum absolute atomic E-state index is 0.293. The molecule has 0 amide bonds. The van der Waals surface area contributed by atoms with Gasteiger partial charge in [-0.3, -0.25) is 0 Å². The van der Waals surface area contributed by atoms with Crippen LogP contribution in [-0.4, -0.2) is 29.3 Å². The van der Waals surface area contributed by atoms with Gasteiger partial charge in [0, 0.05) is 19.3 Å². The topological polar surface area (TPSA) is 39.1 Å². The van der Waals surface area contributed by atoms with Gasteiger partial charge in [-0.15, -0.1) is 0 Å². The third kappa shape index (κ3) is 3.64. The van der Waals surface area contributed by atoms with Crippen LogP contribution in [0.3, 0.4) is 0 Å². The van der Waals surface area contributed by atoms with E-state index in [1.165, 1.54) is 5.69 Å². The van der Waals surface area contributed by atoms with Crippen LogP contribution in [0.25, 0.3) is 0 Å². The average molecular weight is 211 g/mol. The summed E-state index contributed by atoms with van der Waals surface area (Å²) in [6, 6.07) is 0. The molecule has 4 nitrogen and oxygen atoms in total. The first-order valence-electron chi connectivity index (χ1n) is 5.42. The summed E-state index contributed by atoms with van der Waals surface area (Å²) >= 11 is 0. The van der Waals surface area contributed by atoms with Crippen molar-refractivity contribution < 1.29 is 4.74 Å². The van der Waals surface area contributed by atoms with E-state index in [0.29, 0.717) is 6.10 Å². The molecule has 0 saturated heterocycles. The lowest BCUT2D eigenvalue weighted by molar-refractivity contribution is 0.0720. The predicted octanol–water partition coefficient (Wildman–Crippen LogP) is 1.34. The molecule has 0 radical (unpaired) electrons. The summed E-state index contributed by atoms with van der Waals surface area (Å²) in [4.78, 5) is 4.30. The summed E-state index contributed by atoms with van der Waals surface area (Å²) in [5, 5.41) is 3.14. The van der Waals surface area contributed by atoms with Crippen molar-refractivity contribution in [1.82, 2.24) is 14.9 Å². The number of hydrogen-bond acceptors (Lipinski definition) is 3. The minimum Gasteiger partial charge on any atom is -0.377 e. The van der Waals surface area contributed by atoms with Gasteiger partial charge in [0.2, 0.25) is 0 Å². The molecule has 15 heavy (non-hydrogen) atoms. The van der Waals surface area contributed by atoms with Crippen molar-refractivity contribution in [3.8, 4) is 0 Å². The number of nitrogens with zero attached hydrogens (tertiary/aromatic N) is 2. The maximum Gasteiger partial charge on any atom is 0.105 e. The Morgan fingerprint density at radius 3 is 2.87 bits per heavy atom. The molecule has 0 aromatic carbocycles. The second-order valence-electron chi connectivity index (χ2n) is 3.90. The standard InChI is InChI=1S/C11H21N3O/c1-9(2)15-6-5-14-10(3)13-8-11(14)7-12-4/h8-9,12H,5-7H2,1-4H3. The van der Waals surface area contributed by atoms with Gasteiger partial charge in [0.05, 0.1) is 18.4 Å². The van der Waals surface area contributed by atoms with Crippen molar-refractivity contribution in [2.45, 2.75) is 40.0 Å². The van der Waals surface area contributed by atoms with E-state index in [2.05, 4.69) is 28.7 Å². The van der Waals surface area contributed by atoms with Crippen LogP contribution in [-0.2, 0) is 17.8 Å². The molecule has 0 saturated carbocycles. The fourth-order valence-electron chi connectivity index (χ4n) is 1.52. The van der Waals surface area contributed by atoms with E-state index in [0.717, 1.165) is 25.5 Å². The molecular weight excluding hydrogens is 190 g/mol. The van der Waals surface area contributed by atoms with Crippen LogP contribution in [0.4, 0.5) is 0 Å². The smallest absolute Gasteiger partial charge is 0.105 e. The van der Waals surface area contributed by atoms with Gasteiger partial charge in [0.1, 0.15) is 5.82 Å². The van der Waals surface area contributed by atoms with Crippen molar-refractivity contribution in [2.75, 3.05) is 13.7 Å². The molecule has 1 aromatic rings. The van der Waals surface area contributed by atoms with Gasteiger partial charge in [0.25, 0.3) is 0 Å². The molecule has 0 aliphatic heterocycles. The lowest BCUT2D eigenvalue weighted by atomic mass is 10.4. The van der Waals surface area contributed by atoms with Gasteiger partial charge in [-0.05, 0) is 27.8 Å². The van der Waals surface area contributed by atoms with Gasteiger partial charge >= 0.3 is 0 Å². The van der Waals surface area contributed by atoms with Crippen LogP contribution in [0, 0.1) is 6.92 Å². The van der Waals surface area contributed by atoms with Crippen LogP contribution >= 0.6 is 0 Å². The zero-order chi connectivity index (χ0) is 11.3. The van der Waals surface area contributed by atoms with E-state index in [1.807, 2.05) is 20.2 Å². The van der Waals surface area contributed by atoms with Gasteiger partial charge in [-0.2, -0.15) is 0 Å². The quantitative estimate of drug-likeness (QED) is 0.771. The summed E-state index contributed by atoms with van der Waals surface area (Å²) in [6.07, 6.45) is 2.21. The third-order valence-electron chi connectivity index (χ3n) is 2.26. The molecule has 0 bridgehead atoms. The minimum atomic E-state index is 0.293. The summed E-state index contributed by atoms with van der Waals surface area (Å²) < 4.78 is 7.73. The molecule has 0 fully saturated rings. The fraction of sp³-hybridized carbons (Fsp3) is 0.727. The Morgan fingerprint density at radius 2 is 2.27 bits per heavy atom.